The summed E-state index contributed by atoms with van der Waals surface area (Å²) in [5, 5.41) is 0. The molecule has 0 aliphatic heterocycles. The number of nitrogen functional groups attached to an aromatic ring is 1. The van der Waals surface area contributed by atoms with E-state index in [0.29, 0.717) is 5.92 Å². The van der Waals surface area contributed by atoms with Crippen LogP contribution in [0, 0.1) is 5.92 Å². The monoisotopic (exact) mass is 274 g/mol. The lowest BCUT2D eigenvalue weighted by atomic mass is 9.86. The minimum Gasteiger partial charge on any atom is -0.399 e. The van der Waals surface area contributed by atoms with E-state index in [-0.39, 0.29) is 0 Å². The van der Waals surface area contributed by atoms with Crippen molar-refractivity contribution in [3.8, 4) is 0 Å². The van der Waals surface area contributed by atoms with Gasteiger partial charge in [0.2, 0.25) is 0 Å². The molecular formula is C18H30N2. The van der Waals surface area contributed by atoms with Gasteiger partial charge in [0.25, 0.3) is 0 Å². The zero-order valence-electron chi connectivity index (χ0n) is 13.3. The largest absolute Gasteiger partial charge is 0.399 e. The summed E-state index contributed by atoms with van der Waals surface area (Å²) < 4.78 is 0. The Morgan fingerprint density at radius 1 is 1.15 bits per heavy atom. The molecule has 1 aliphatic rings. The Bertz CT molecular complexity index is 390. The maximum Gasteiger partial charge on any atom is 0.0314 e. The van der Waals surface area contributed by atoms with Crippen molar-refractivity contribution in [3.63, 3.8) is 0 Å². The first-order chi connectivity index (χ1) is 9.56. The number of hydrogen-bond acceptors (Lipinski definition) is 2. The summed E-state index contributed by atoms with van der Waals surface area (Å²) in [6.45, 7) is 5.91. The average Bonchev–Trinajstić information content (AvgIpc) is 2.46. The van der Waals surface area contributed by atoms with Gasteiger partial charge in [0.1, 0.15) is 0 Å². The van der Waals surface area contributed by atoms with E-state index < -0.39 is 0 Å². The molecule has 2 rings (SSSR count). The quantitative estimate of drug-likeness (QED) is 0.812. The van der Waals surface area contributed by atoms with Gasteiger partial charge in [-0.05, 0) is 75.2 Å². The molecule has 0 heterocycles. The van der Waals surface area contributed by atoms with Crippen LogP contribution in [-0.4, -0.2) is 24.5 Å². The summed E-state index contributed by atoms with van der Waals surface area (Å²) in [6.07, 6.45) is 6.80. The SMILES string of the molecule is CC1CCC(N(C)CCC(C)c2ccc(N)cc2)CC1. The molecule has 1 aromatic carbocycles. The average molecular weight is 274 g/mol. The molecule has 0 amide bonds. The third-order valence-electron chi connectivity index (χ3n) is 5.03. The second-order valence-corrected chi connectivity index (χ2v) is 6.75. The van der Waals surface area contributed by atoms with Crippen molar-refractivity contribution in [3.05, 3.63) is 29.8 Å². The van der Waals surface area contributed by atoms with Gasteiger partial charge in [-0.1, -0.05) is 26.0 Å². The van der Waals surface area contributed by atoms with Gasteiger partial charge in [-0.2, -0.15) is 0 Å². The summed E-state index contributed by atoms with van der Waals surface area (Å²) in [5.74, 6) is 1.55. The van der Waals surface area contributed by atoms with Crippen molar-refractivity contribution in [2.24, 2.45) is 5.92 Å². The van der Waals surface area contributed by atoms with Gasteiger partial charge in [-0.3, -0.25) is 0 Å². The van der Waals surface area contributed by atoms with Gasteiger partial charge < -0.3 is 10.6 Å². The van der Waals surface area contributed by atoms with Crippen LogP contribution in [0.1, 0.15) is 57.4 Å². The molecule has 1 unspecified atom stereocenters. The molecule has 2 nitrogen and oxygen atoms in total. The maximum absolute atomic E-state index is 5.75. The first-order valence-corrected chi connectivity index (χ1v) is 8.12. The second kappa shape index (κ2) is 7.12. The number of anilines is 1. The number of benzene rings is 1. The molecular weight excluding hydrogens is 244 g/mol. The Hall–Kier alpha value is -1.02. The van der Waals surface area contributed by atoms with Crippen LogP contribution in [-0.2, 0) is 0 Å². The maximum atomic E-state index is 5.75. The molecule has 0 spiro atoms. The lowest BCUT2D eigenvalue weighted by Gasteiger charge is -2.34. The van der Waals surface area contributed by atoms with Gasteiger partial charge in [-0.15, -0.1) is 0 Å². The molecule has 1 aromatic rings. The van der Waals surface area contributed by atoms with Crippen LogP contribution in [0.4, 0.5) is 5.69 Å². The number of rotatable bonds is 5. The fourth-order valence-electron chi connectivity index (χ4n) is 3.25. The van der Waals surface area contributed by atoms with Crippen molar-refractivity contribution in [1.29, 1.82) is 0 Å². The van der Waals surface area contributed by atoms with Crippen LogP contribution < -0.4 is 5.73 Å². The number of nitrogens with zero attached hydrogens (tertiary/aromatic N) is 1. The van der Waals surface area contributed by atoms with E-state index in [0.717, 1.165) is 17.6 Å². The lowest BCUT2D eigenvalue weighted by molar-refractivity contribution is 0.166. The fraction of sp³-hybridized carbons (Fsp3) is 0.667. The van der Waals surface area contributed by atoms with Crippen LogP contribution in [0.5, 0.6) is 0 Å². The Kier molecular flexibility index (Phi) is 5.47. The normalized spacial score (nSPS) is 24.8. The molecule has 1 saturated carbocycles. The predicted molar refractivity (Wildman–Crippen MR) is 87.9 cm³/mol. The molecule has 112 valence electrons. The number of nitrogens with two attached hydrogens (primary N) is 1. The molecule has 0 saturated heterocycles. The van der Waals surface area contributed by atoms with Crippen molar-refractivity contribution in [2.45, 2.75) is 57.9 Å². The first-order valence-electron chi connectivity index (χ1n) is 8.12. The van der Waals surface area contributed by atoms with E-state index in [1.54, 1.807) is 0 Å². The summed E-state index contributed by atoms with van der Waals surface area (Å²) >= 11 is 0. The molecule has 2 heteroatoms. The molecule has 0 radical (unpaired) electrons. The van der Waals surface area contributed by atoms with E-state index in [2.05, 4.69) is 37.9 Å². The van der Waals surface area contributed by atoms with Crippen molar-refractivity contribution in [2.75, 3.05) is 19.3 Å². The van der Waals surface area contributed by atoms with Gasteiger partial charge >= 0.3 is 0 Å². The second-order valence-electron chi connectivity index (χ2n) is 6.75. The molecule has 1 atom stereocenters. The van der Waals surface area contributed by atoms with Gasteiger partial charge in [0, 0.05) is 11.7 Å². The highest BCUT2D eigenvalue weighted by Crippen LogP contribution is 2.27. The summed E-state index contributed by atoms with van der Waals surface area (Å²) in [6, 6.07) is 9.17. The van der Waals surface area contributed by atoms with E-state index in [9.17, 15) is 0 Å². The van der Waals surface area contributed by atoms with E-state index in [1.165, 1.54) is 44.2 Å². The smallest absolute Gasteiger partial charge is 0.0314 e. The summed E-state index contributed by atoms with van der Waals surface area (Å²) in [5.41, 5.74) is 8.01. The molecule has 1 aliphatic carbocycles. The highest BCUT2D eigenvalue weighted by atomic mass is 15.1. The third-order valence-corrected chi connectivity index (χ3v) is 5.03. The lowest BCUT2D eigenvalue weighted by Crippen LogP contribution is -2.35. The Morgan fingerprint density at radius 3 is 2.35 bits per heavy atom. The van der Waals surface area contributed by atoms with Crippen LogP contribution in [0.25, 0.3) is 0 Å². The van der Waals surface area contributed by atoms with Gasteiger partial charge in [-0.25, -0.2) is 0 Å². The molecule has 20 heavy (non-hydrogen) atoms. The standard InChI is InChI=1S/C18H30N2/c1-14-4-10-18(11-5-14)20(3)13-12-15(2)16-6-8-17(19)9-7-16/h6-9,14-15,18H,4-5,10-13,19H2,1-3H3. The molecule has 1 fully saturated rings. The molecule has 2 N–H and O–H groups in total. The van der Waals surface area contributed by atoms with E-state index in [1.807, 2.05) is 12.1 Å². The van der Waals surface area contributed by atoms with Crippen LogP contribution in [0.15, 0.2) is 24.3 Å². The van der Waals surface area contributed by atoms with E-state index >= 15 is 0 Å². The zero-order valence-corrected chi connectivity index (χ0v) is 13.3. The molecule has 0 bridgehead atoms. The van der Waals surface area contributed by atoms with Crippen molar-refractivity contribution in [1.82, 2.24) is 4.90 Å². The van der Waals surface area contributed by atoms with Crippen molar-refractivity contribution >= 4 is 5.69 Å². The Balaban J connectivity index is 1.77. The Labute approximate surface area is 124 Å². The highest BCUT2D eigenvalue weighted by molar-refractivity contribution is 5.40. The van der Waals surface area contributed by atoms with Crippen LogP contribution >= 0.6 is 0 Å². The third kappa shape index (κ3) is 4.24. The topological polar surface area (TPSA) is 29.3 Å². The molecule has 0 aromatic heterocycles. The fourth-order valence-corrected chi connectivity index (χ4v) is 3.25. The van der Waals surface area contributed by atoms with E-state index in [4.69, 9.17) is 5.73 Å². The number of hydrogen-bond donors (Lipinski definition) is 1. The zero-order chi connectivity index (χ0) is 14.5. The first kappa shape index (κ1) is 15.4. The minimum absolute atomic E-state index is 0.612. The van der Waals surface area contributed by atoms with Crippen LogP contribution in [0.2, 0.25) is 0 Å². The minimum atomic E-state index is 0.612. The summed E-state index contributed by atoms with van der Waals surface area (Å²) in [7, 11) is 2.30. The van der Waals surface area contributed by atoms with Gasteiger partial charge in [0.05, 0.1) is 0 Å². The van der Waals surface area contributed by atoms with Gasteiger partial charge in [0.15, 0.2) is 0 Å². The van der Waals surface area contributed by atoms with Crippen molar-refractivity contribution < 1.29 is 0 Å². The van der Waals surface area contributed by atoms with Crippen LogP contribution in [0.3, 0.4) is 0 Å². The highest BCUT2D eigenvalue weighted by Gasteiger charge is 2.21. The summed E-state index contributed by atoms with van der Waals surface area (Å²) in [4.78, 5) is 2.58. The predicted octanol–water partition coefficient (Wildman–Crippen LogP) is 4.27. The Morgan fingerprint density at radius 2 is 1.75 bits per heavy atom.